The van der Waals surface area contributed by atoms with Gasteiger partial charge in [0, 0.05) is 25.2 Å². The topological polar surface area (TPSA) is 111 Å². The highest BCUT2D eigenvalue weighted by molar-refractivity contribution is 6.00. The number of amides is 1. The Morgan fingerprint density at radius 3 is 2.71 bits per heavy atom. The molecular formula is C16H15N3O5. The number of aromatic nitrogens is 1. The number of hydrogen-bond donors (Lipinski definition) is 1. The fourth-order valence-electron chi connectivity index (χ4n) is 2.04. The molecule has 0 unspecified atom stereocenters. The van der Waals surface area contributed by atoms with E-state index in [9.17, 15) is 19.7 Å². The molecular weight excluding hydrogens is 314 g/mol. The van der Waals surface area contributed by atoms with Crippen LogP contribution in [0.25, 0.3) is 0 Å². The van der Waals surface area contributed by atoms with Crippen molar-refractivity contribution in [1.82, 2.24) is 10.3 Å². The summed E-state index contributed by atoms with van der Waals surface area (Å²) in [6, 6.07) is 8.86. The zero-order chi connectivity index (χ0) is 17.5. The van der Waals surface area contributed by atoms with Gasteiger partial charge in [0.15, 0.2) is 5.78 Å². The second kappa shape index (κ2) is 7.82. The van der Waals surface area contributed by atoms with Gasteiger partial charge in [0.05, 0.1) is 17.6 Å². The van der Waals surface area contributed by atoms with Crippen molar-refractivity contribution in [3.63, 3.8) is 0 Å². The number of carbonyl (C=O) groups excluding carboxylic acids is 2. The summed E-state index contributed by atoms with van der Waals surface area (Å²) in [6.45, 7) is 0.0443. The summed E-state index contributed by atoms with van der Waals surface area (Å²) in [5.41, 5.74) is -0.111. The lowest BCUT2D eigenvalue weighted by atomic mass is 10.1. The maximum absolute atomic E-state index is 12.2. The summed E-state index contributed by atoms with van der Waals surface area (Å²) in [6.07, 6.45) is 1.41. The van der Waals surface area contributed by atoms with E-state index in [0.717, 1.165) is 0 Å². The van der Waals surface area contributed by atoms with Crippen molar-refractivity contribution in [1.29, 1.82) is 0 Å². The minimum atomic E-state index is -0.626. The molecule has 124 valence electrons. The van der Waals surface area contributed by atoms with Crippen LogP contribution < -0.4 is 10.1 Å². The van der Waals surface area contributed by atoms with Gasteiger partial charge in [-0.1, -0.05) is 6.07 Å². The minimum absolute atomic E-state index is 0.0443. The average molecular weight is 329 g/mol. The first kappa shape index (κ1) is 17.1. The Kier molecular flexibility index (Phi) is 5.56. The van der Waals surface area contributed by atoms with E-state index in [2.05, 4.69) is 10.3 Å². The number of ketones is 1. The molecule has 1 amide bonds. The Morgan fingerprint density at radius 1 is 1.29 bits per heavy atom. The summed E-state index contributed by atoms with van der Waals surface area (Å²) in [5.74, 6) is -0.521. The summed E-state index contributed by atoms with van der Waals surface area (Å²) in [7, 11) is 1.41. The number of benzene rings is 1. The van der Waals surface area contributed by atoms with Crippen molar-refractivity contribution in [2.45, 2.75) is 6.42 Å². The van der Waals surface area contributed by atoms with Crippen LogP contribution in [0, 0.1) is 10.1 Å². The number of rotatable bonds is 7. The zero-order valence-electron chi connectivity index (χ0n) is 12.9. The Hall–Kier alpha value is -3.29. The van der Waals surface area contributed by atoms with Gasteiger partial charge in [0.1, 0.15) is 11.4 Å². The Bertz CT molecular complexity index is 762. The SMILES string of the molecule is COc1ccc([N+](=O)[O-])c(C(=O)CCNC(=O)c2ccccn2)c1. The smallest absolute Gasteiger partial charge is 0.280 e. The third kappa shape index (κ3) is 4.13. The van der Waals surface area contributed by atoms with Crippen molar-refractivity contribution in [3.8, 4) is 5.75 Å². The quantitative estimate of drug-likeness (QED) is 0.472. The first-order valence-corrected chi connectivity index (χ1v) is 7.07. The van der Waals surface area contributed by atoms with Crippen LogP contribution in [0.4, 0.5) is 5.69 Å². The molecule has 8 nitrogen and oxygen atoms in total. The van der Waals surface area contributed by atoms with Gasteiger partial charge in [-0.15, -0.1) is 0 Å². The van der Waals surface area contributed by atoms with E-state index in [4.69, 9.17) is 4.74 Å². The Labute approximate surface area is 137 Å². The number of nitrogens with one attached hydrogen (secondary N) is 1. The van der Waals surface area contributed by atoms with Gasteiger partial charge in [-0.3, -0.25) is 24.7 Å². The molecule has 0 fully saturated rings. The highest BCUT2D eigenvalue weighted by Gasteiger charge is 2.21. The molecule has 0 radical (unpaired) electrons. The minimum Gasteiger partial charge on any atom is -0.497 e. The van der Waals surface area contributed by atoms with Crippen molar-refractivity contribution < 1.29 is 19.2 Å². The second-order valence-electron chi connectivity index (χ2n) is 4.78. The van der Waals surface area contributed by atoms with Crippen molar-refractivity contribution >= 4 is 17.4 Å². The number of carbonyl (C=O) groups is 2. The number of Topliss-reactive ketones (excluding diaryl/α,β-unsaturated/α-hetero) is 1. The van der Waals surface area contributed by atoms with Gasteiger partial charge in [-0.25, -0.2) is 0 Å². The molecule has 0 aliphatic carbocycles. The molecule has 0 bridgehead atoms. The molecule has 1 aromatic heterocycles. The van der Waals surface area contributed by atoms with Crippen LogP contribution in [-0.4, -0.2) is 35.3 Å². The number of hydrogen-bond acceptors (Lipinski definition) is 6. The molecule has 0 aliphatic rings. The molecule has 2 rings (SSSR count). The van der Waals surface area contributed by atoms with Crippen molar-refractivity contribution in [2.75, 3.05) is 13.7 Å². The lowest BCUT2D eigenvalue weighted by Crippen LogP contribution is -2.26. The summed E-state index contributed by atoms with van der Waals surface area (Å²) < 4.78 is 4.99. The number of ether oxygens (including phenoxy) is 1. The largest absolute Gasteiger partial charge is 0.497 e. The van der Waals surface area contributed by atoms with E-state index in [0.29, 0.717) is 5.75 Å². The Morgan fingerprint density at radius 2 is 2.08 bits per heavy atom. The number of nitro benzene ring substituents is 1. The third-order valence-electron chi connectivity index (χ3n) is 3.24. The molecule has 0 atom stereocenters. The highest BCUT2D eigenvalue weighted by Crippen LogP contribution is 2.25. The number of pyridine rings is 1. The van der Waals surface area contributed by atoms with Gasteiger partial charge in [0.2, 0.25) is 0 Å². The number of methoxy groups -OCH3 is 1. The van der Waals surface area contributed by atoms with E-state index >= 15 is 0 Å². The van der Waals surface area contributed by atoms with Crippen LogP contribution in [0.3, 0.4) is 0 Å². The standard InChI is InChI=1S/C16H15N3O5/c1-24-11-5-6-14(19(22)23)12(10-11)15(20)7-9-18-16(21)13-4-2-3-8-17-13/h2-6,8,10H,7,9H2,1H3,(H,18,21). The van der Waals surface area contributed by atoms with E-state index < -0.39 is 16.6 Å². The number of nitro groups is 1. The van der Waals surface area contributed by atoms with Gasteiger partial charge >= 0.3 is 0 Å². The van der Waals surface area contributed by atoms with E-state index in [1.165, 1.54) is 31.5 Å². The maximum Gasteiger partial charge on any atom is 0.280 e. The normalized spacial score (nSPS) is 10.0. The molecule has 0 saturated heterocycles. The van der Waals surface area contributed by atoms with Gasteiger partial charge in [0.25, 0.3) is 11.6 Å². The van der Waals surface area contributed by atoms with Gasteiger partial charge < -0.3 is 10.1 Å². The predicted octanol–water partition coefficient (Wildman–Crippen LogP) is 2.00. The van der Waals surface area contributed by atoms with Crippen molar-refractivity contribution in [3.05, 3.63) is 64.0 Å². The van der Waals surface area contributed by atoms with Crippen LogP contribution in [-0.2, 0) is 0 Å². The van der Waals surface area contributed by atoms with Crippen LogP contribution in [0.5, 0.6) is 5.75 Å². The number of nitrogens with zero attached hydrogens (tertiary/aromatic N) is 2. The lowest BCUT2D eigenvalue weighted by Gasteiger charge is -2.06. The summed E-state index contributed by atoms with van der Waals surface area (Å²) in [4.78, 5) is 38.3. The van der Waals surface area contributed by atoms with Crippen LogP contribution in [0.2, 0.25) is 0 Å². The van der Waals surface area contributed by atoms with E-state index in [1.54, 1.807) is 18.2 Å². The van der Waals surface area contributed by atoms with Crippen molar-refractivity contribution in [2.24, 2.45) is 0 Å². The Balaban J connectivity index is 2.02. The van der Waals surface area contributed by atoms with Gasteiger partial charge in [-0.2, -0.15) is 0 Å². The molecule has 1 heterocycles. The molecule has 8 heteroatoms. The predicted molar refractivity (Wildman–Crippen MR) is 85.2 cm³/mol. The fourth-order valence-corrected chi connectivity index (χ4v) is 2.04. The highest BCUT2D eigenvalue weighted by atomic mass is 16.6. The second-order valence-corrected chi connectivity index (χ2v) is 4.78. The summed E-state index contributed by atoms with van der Waals surface area (Å²) >= 11 is 0. The van der Waals surface area contributed by atoms with Crippen LogP contribution in [0.15, 0.2) is 42.6 Å². The molecule has 24 heavy (non-hydrogen) atoms. The molecule has 2 aromatic rings. The monoisotopic (exact) mass is 329 g/mol. The van der Waals surface area contributed by atoms with Crippen LogP contribution >= 0.6 is 0 Å². The van der Waals surface area contributed by atoms with E-state index in [1.807, 2.05) is 0 Å². The molecule has 0 saturated carbocycles. The molecule has 0 spiro atoms. The van der Waals surface area contributed by atoms with E-state index in [-0.39, 0.29) is 29.9 Å². The summed E-state index contributed by atoms with van der Waals surface area (Å²) in [5, 5.41) is 13.6. The van der Waals surface area contributed by atoms with Gasteiger partial charge in [-0.05, 0) is 24.3 Å². The first-order chi connectivity index (χ1) is 11.5. The molecule has 1 N–H and O–H groups in total. The fraction of sp³-hybridized carbons (Fsp3) is 0.188. The first-order valence-electron chi connectivity index (χ1n) is 7.07. The zero-order valence-corrected chi connectivity index (χ0v) is 12.9. The molecule has 0 aliphatic heterocycles. The van der Waals surface area contributed by atoms with Crippen LogP contribution in [0.1, 0.15) is 27.3 Å². The third-order valence-corrected chi connectivity index (χ3v) is 3.24. The maximum atomic E-state index is 12.2. The average Bonchev–Trinajstić information content (AvgIpc) is 2.61. The lowest BCUT2D eigenvalue weighted by molar-refractivity contribution is -0.385. The molecule has 1 aromatic carbocycles.